The molecule has 1 unspecified atom stereocenters. The molecule has 5 heteroatoms. The second kappa shape index (κ2) is 17.9. The fourth-order valence-electron chi connectivity index (χ4n) is 11.5. The molecule has 3 heterocycles. The first-order valence-electron chi connectivity index (χ1n) is 25.3. The Morgan fingerprint density at radius 1 is 0.257 bits per heavy atom. The van der Waals surface area contributed by atoms with Gasteiger partial charge in [0.25, 0.3) is 0 Å². The molecule has 0 spiro atoms. The van der Waals surface area contributed by atoms with Gasteiger partial charge in [0.2, 0.25) is 0 Å². The van der Waals surface area contributed by atoms with Crippen LogP contribution >= 0.6 is 0 Å². The highest BCUT2D eigenvalue weighted by molar-refractivity contribution is 7.22. The van der Waals surface area contributed by atoms with Crippen LogP contribution in [0.3, 0.4) is 0 Å². The maximum Gasteiger partial charge on any atom is 0.180 e. The maximum absolute atomic E-state index is 5.22. The summed E-state index contributed by atoms with van der Waals surface area (Å²) in [4.78, 5) is 15.5. The van der Waals surface area contributed by atoms with Crippen molar-refractivity contribution in [1.82, 2.24) is 19.5 Å². The highest BCUT2D eigenvalue weighted by Gasteiger charge is 2.49. The van der Waals surface area contributed by atoms with Gasteiger partial charge in [0.05, 0.1) is 16.7 Å². The summed E-state index contributed by atoms with van der Waals surface area (Å²) < 4.78 is 2.47. The molecular formula is C69H46N4Si. The summed E-state index contributed by atoms with van der Waals surface area (Å²) in [6.45, 7) is 0. The van der Waals surface area contributed by atoms with E-state index in [0.717, 1.165) is 27.9 Å². The minimum Gasteiger partial charge on any atom is -0.309 e. The zero-order valence-electron chi connectivity index (χ0n) is 40.3. The molecule has 0 saturated heterocycles. The molecule has 11 aromatic carbocycles. The van der Waals surface area contributed by atoms with Crippen molar-refractivity contribution in [2.45, 2.75) is 0 Å². The fourth-order valence-corrected chi connectivity index (χ4v) is 16.7. The van der Waals surface area contributed by atoms with Gasteiger partial charge in [0.15, 0.2) is 25.5 Å². The molecule has 0 radical (unpaired) electrons. The Labute approximate surface area is 431 Å². The van der Waals surface area contributed by atoms with Crippen LogP contribution in [0.5, 0.6) is 0 Å². The lowest BCUT2D eigenvalue weighted by atomic mass is 9.99. The van der Waals surface area contributed by atoms with E-state index >= 15 is 0 Å². The number of para-hydroxylation sites is 2. The minimum absolute atomic E-state index is 0.632. The maximum atomic E-state index is 5.22. The molecule has 74 heavy (non-hydrogen) atoms. The van der Waals surface area contributed by atoms with E-state index in [1.165, 1.54) is 81.5 Å². The molecule has 0 fully saturated rings. The fraction of sp³-hybridized carbons (Fsp3) is 0. The van der Waals surface area contributed by atoms with Gasteiger partial charge < -0.3 is 4.57 Å². The first-order chi connectivity index (χ1) is 36.7. The van der Waals surface area contributed by atoms with Crippen molar-refractivity contribution >= 4 is 50.6 Å². The lowest BCUT2D eigenvalue weighted by molar-refractivity contribution is 1.07. The van der Waals surface area contributed by atoms with Gasteiger partial charge in [-0.3, -0.25) is 0 Å². The Bertz CT molecular complexity index is 4210. The molecule has 0 aliphatic carbocycles. The molecule has 4 nitrogen and oxygen atoms in total. The zero-order valence-corrected chi connectivity index (χ0v) is 41.3. The molecule has 1 atom stereocenters. The van der Waals surface area contributed by atoms with Crippen LogP contribution in [0, 0.1) is 0 Å². The summed E-state index contributed by atoms with van der Waals surface area (Å²) in [5.41, 5.74) is 16.0. The molecule has 0 amide bonds. The van der Waals surface area contributed by atoms with Gasteiger partial charge in [-0.05, 0) is 84.0 Å². The van der Waals surface area contributed by atoms with Gasteiger partial charge in [0, 0.05) is 33.0 Å². The smallest absolute Gasteiger partial charge is 0.180 e. The molecule has 346 valence electrons. The molecule has 1 aliphatic rings. The first kappa shape index (κ1) is 43.3. The molecule has 2 aromatic heterocycles. The van der Waals surface area contributed by atoms with Gasteiger partial charge in [-0.1, -0.05) is 255 Å². The van der Waals surface area contributed by atoms with Crippen molar-refractivity contribution in [1.29, 1.82) is 0 Å². The van der Waals surface area contributed by atoms with Crippen molar-refractivity contribution in [3.8, 4) is 84.4 Å². The predicted octanol–water partition coefficient (Wildman–Crippen LogP) is 14.3. The number of rotatable bonds is 9. The number of aromatic nitrogens is 4. The standard InChI is InChI=1S/C69H46N4Si/c1-5-19-47(20-6-1)49-33-35-52(36-34-49)68-70-67(51-25-11-4-12-26-51)71-69(72-68)53-37-40-55(41-38-53)74(65-32-18-15-29-59(65)61-45-54(39-44-66(61)74)48-21-7-2-8-22-48)56-42-43-64-60(46-56)58-28-14-17-31-63(58)73(64)62-30-16-13-27-57(62)50-23-9-3-10-24-50/h1-46H. The van der Waals surface area contributed by atoms with Crippen molar-refractivity contribution < 1.29 is 0 Å². The van der Waals surface area contributed by atoms with Gasteiger partial charge in [-0.15, -0.1) is 0 Å². The largest absolute Gasteiger partial charge is 0.309 e. The van der Waals surface area contributed by atoms with Crippen LogP contribution < -0.4 is 20.7 Å². The van der Waals surface area contributed by atoms with E-state index in [1.807, 2.05) is 24.3 Å². The zero-order chi connectivity index (χ0) is 49.0. The number of hydrogen-bond donors (Lipinski definition) is 0. The Hall–Kier alpha value is -9.55. The normalized spacial score (nSPS) is 13.7. The van der Waals surface area contributed by atoms with Gasteiger partial charge in [-0.2, -0.15) is 0 Å². The number of fused-ring (bicyclic) bond motifs is 6. The third kappa shape index (κ3) is 7.16. The Balaban J connectivity index is 0.967. The van der Waals surface area contributed by atoms with E-state index in [-0.39, 0.29) is 0 Å². The van der Waals surface area contributed by atoms with Crippen LogP contribution in [0.15, 0.2) is 279 Å². The monoisotopic (exact) mass is 958 g/mol. The molecular weight excluding hydrogens is 913 g/mol. The van der Waals surface area contributed by atoms with E-state index in [0.29, 0.717) is 17.5 Å². The average molecular weight is 959 g/mol. The van der Waals surface area contributed by atoms with Crippen molar-refractivity contribution in [2.24, 2.45) is 0 Å². The SMILES string of the molecule is c1ccc(-c2ccc(-c3nc(-c4ccccc4)nc(-c4ccc([Si]5(c6ccc7c(c6)c6ccccc6n7-c6ccccc6-c6ccccc6)c6ccccc6-c6cc(-c7ccccc7)ccc65)cc4)n3)cc2)cc1. The lowest BCUT2D eigenvalue weighted by Gasteiger charge is -2.31. The Morgan fingerprint density at radius 3 is 1.35 bits per heavy atom. The Kier molecular flexibility index (Phi) is 10.5. The molecule has 0 saturated carbocycles. The summed E-state index contributed by atoms with van der Waals surface area (Å²) in [6, 6.07) is 101. The van der Waals surface area contributed by atoms with Crippen molar-refractivity contribution in [3.63, 3.8) is 0 Å². The molecule has 1 aliphatic heterocycles. The van der Waals surface area contributed by atoms with Crippen LogP contribution in [-0.4, -0.2) is 27.6 Å². The molecule has 0 N–H and O–H groups in total. The number of benzene rings is 11. The third-order valence-electron chi connectivity index (χ3n) is 15.0. The van der Waals surface area contributed by atoms with Crippen LogP contribution in [0.25, 0.3) is 106 Å². The summed E-state index contributed by atoms with van der Waals surface area (Å²) in [5, 5.41) is 7.87. The van der Waals surface area contributed by atoms with E-state index in [2.05, 4.69) is 259 Å². The molecule has 13 aromatic rings. The van der Waals surface area contributed by atoms with E-state index < -0.39 is 8.07 Å². The number of nitrogens with zero attached hydrogens (tertiary/aromatic N) is 4. The second-order valence-corrected chi connectivity index (χ2v) is 22.8. The topological polar surface area (TPSA) is 43.6 Å². The van der Waals surface area contributed by atoms with Gasteiger partial charge in [-0.25, -0.2) is 15.0 Å². The Morgan fingerprint density at radius 2 is 0.689 bits per heavy atom. The highest BCUT2D eigenvalue weighted by Crippen LogP contribution is 2.38. The first-order valence-corrected chi connectivity index (χ1v) is 27.3. The highest BCUT2D eigenvalue weighted by atomic mass is 28.3. The van der Waals surface area contributed by atoms with Crippen LogP contribution in [0.1, 0.15) is 0 Å². The summed E-state index contributed by atoms with van der Waals surface area (Å²) in [5.74, 6) is 1.91. The predicted molar refractivity (Wildman–Crippen MR) is 309 cm³/mol. The summed E-state index contributed by atoms with van der Waals surface area (Å²) in [6.07, 6.45) is 0. The van der Waals surface area contributed by atoms with E-state index in [9.17, 15) is 0 Å². The summed E-state index contributed by atoms with van der Waals surface area (Å²) in [7, 11) is -3.03. The molecule has 0 bridgehead atoms. The lowest BCUT2D eigenvalue weighted by Crippen LogP contribution is -2.72. The second-order valence-electron chi connectivity index (χ2n) is 19.1. The van der Waals surface area contributed by atoms with E-state index in [1.54, 1.807) is 0 Å². The number of hydrogen-bond acceptors (Lipinski definition) is 3. The average Bonchev–Trinajstić information content (AvgIpc) is 3.98. The van der Waals surface area contributed by atoms with Crippen LogP contribution in [-0.2, 0) is 0 Å². The van der Waals surface area contributed by atoms with Gasteiger partial charge >= 0.3 is 0 Å². The van der Waals surface area contributed by atoms with Crippen LogP contribution in [0.4, 0.5) is 0 Å². The van der Waals surface area contributed by atoms with Crippen molar-refractivity contribution in [2.75, 3.05) is 0 Å². The third-order valence-corrected chi connectivity index (χ3v) is 19.8. The van der Waals surface area contributed by atoms with Crippen molar-refractivity contribution in [3.05, 3.63) is 279 Å². The summed E-state index contributed by atoms with van der Waals surface area (Å²) >= 11 is 0. The van der Waals surface area contributed by atoms with E-state index in [4.69, 9.17) is 15.0 Å². The van der Waals surface area contributed by atoms with Gasteiger partial charge in [0.1, 0.15) is 0 Å². The molecule has 14 rings (SSSR count). The quantitative estimate of drug-likeness (QED) is 0.135. The minimum atomic E-state index is -3.03. The van der Waals surface area contributed by atoms with Crippen LogP contribution in [0.2, 0.25) is 0 Å².